The normalized spacial score (nSPS) is 21.3. The highest BCUT2D eigenvalue weighted by atomic mass is 35.5. The third-order valence-corrected chi connectivity index (χ3v) is 3.33. The minimum Gasteiger partial charge on any atom is -0.370 e. The topological polar surface area (TPSA) is 29.0 Å². The molecule has 3 nitrogen and oxygen atoms in total. The highest BCUT2D eigenvalue weighted by Crippen LogP contribution is 2.28. The van der Waals surface area contributed by atoms with Gasteiger partial charge in [-0.2, -0.15) is 5.10 Å². The molecule has 1 aromatic heterocycles. The Morgan fingerprint density at radius 1 is 1.53 bits per heavy atom. The first kappa shape index (κ1) is 10.7. The van der Waals surface area contributed by atoms with Gasteiger partial charge in [0.2, 0.25) is 0 Å². The first-order chi connectivity index (χ1) is 7.16. The predicted octanol–water partition coefficient (Wildman–Crippen LogP) is 2.61. The smallest absolute Gasteiger partial charge is 0.153 e. The van der Waals surface area contributed by atoms with Crippen LogP contribution in [0.15, 0.2) is 12.3 Å². The van der Waals surface area contributed by atoms with Crippen molar-refractivity contribution in [2.75, 3.05) is 18.0 Å². The van der Waals surface area contributed by atoms with Gasteiger partial charge in [0, 0.05) is 19.2 Å². The lowest BCUT2D eigenvalue weighted by atomic mass is 9.95. The maximum absolute atomic E-state index is 5.82. The summed E-state index contributed by atoms with van der Waals surface area (Å²) >= 11 is 5.82. The van der Waals surface area contributed by atoms with Crippen LogP contribution in [0.4, 0.5) is 5.69 Å². The van der Waals surface area contributed by atoms with Gasteiger partial charge in [0.05, 0.1) is 11.9 Å². The molecule has 0 radical (unpaired) electrons. The van der Waals surface area contributed by atoms with Crippen molar-refractivity contribution in [1.29, 1.82) is 0 Å². The third-order valence-electron chi connectivity index (χ3n) is 3.14. The molecule has 1 atom stereocenters. The van der Waals surface area contributed by atoms with Crippen LogP contribution in [0.2, 0.25) is 5.15 Å². The Kier molecular flexibility index (Phi) is 3.10. The van der Waals surface area contributed by atoms with Crippen molar-refractivity contribution >= 4 is 17.3 Å². The van der Waals surface area contributed by atoms with Gasteiger partial charge >= 0.3 is 0 Å². The second-order valence-corrected chi connectivity index (χ2v) is 4.86. The van der Waals surface area contributed by atoms with Gasteiger partial charge in [0.25, 0.3) is 0 Å². The fourth-order valence-electron chi connectivity index (χ4n) is 2.07. The van der Waals surface area contributed by atoms with E-state index in [4.69, 9.17) is 11.6 Å². The second-order valence-electron chi connectivity index (χ2n) is 4.48. The molecule has 15 heavy (non-hydrogen) atoms. The highest BCUT2D eigenvalue weighted by Gasteiger charge is 2.25. The van der Waals surface area contributed by atoms with Crippen molar-refractivity contribution in [2.45, 2.75) is 20.3 Å². The second kappa shape index (κ2) is 4.35. The zero-order valence-corrected chi connectivity index (χ0v) is 9.91. The summed E-state index contributed by atoms with van der Waals surface area (Å²) in [5.74, 6) is 1.54. The van der Waals surface area contributed by atoms with E-state index in [0.29, 0.717) is 5.15 Å². The van der Waals surface area contributed by atoms with Gasteiger partial charge in [-0.1, -0.05) is 25.4 Å². The molecule has 0 bridgehead atoms. The van der Waals surface area contributed by atoms with Crippen LogP contribution in [0, 0.1) is 11.8 Å². The van der Waals surface area contributed by atoms with Crippen molar-refractivity contribution in [1.82, 2.24) is 10.2 Å². The average molecular weight is 226 g/mol. The molecular weight excluding hydrogens is 210 g/mol. The van der Waals surface area contributed by atoms with Crippen molar-refractivity contribution in [2.24, 2.45) is 11.8 Å². The van der Waals surface area contributed by atoms with Crippen LogP contribution in [-0.4, -0.2) is 23.3 Å². The summed E-state index contributed by atoms with van der Waals surface area (Å²) in [6.07, 6.45) is 3.05. The minimum atomic E-state index is 0.473. The number of anilines is 1. The van der Waals surface area contributed by atoms with Crippen molar-refractivity contribution in [3.05, 3.63) is 17.4 Å². The van der Waals surface area contributed by atoms with Crippen molar-refractivity contribution in [3.8, 4) is 0 Å². The molecule has 1 fully saturated rings. The van der Waals surface area contributed by atoms with E-state index < -0.39 is 0 Å². The molecule has 1 unspecified atom stereocenters. The molecule has 0 amide bonds. The van der Waals surface area contributed by atoms with E-state index >= 15 is 0 Å². The number of halogens is 1. The Morgan fingerprint density at radius 2 is 2.33 bits per heavy atom. The first-order valence-electron chi connectivity index (χ1n) is 5.40. The lowest BCUT2D eigenvalue weighted by Gasteiger charge is -2.19. The minimum absolute atomic E-state index is 0.473. The zero-order chi connectivity index (χ0) is 10.8. The van der Waals surface area contributed by atoms with E-state index in [0.717, 1.165) is 30.6 Å². The Hall–Kier alpha value is -0.830. The van der Waals surface area contributed by atoms with Gasteiger partial charge in [-0.15, -0.1) is 5.10 Å². The van der Waals surface area contributed by atoms with Gasteiger partial charge < -0.3 is 4.90 Å². The largest absolute Gasteiger partial charge is 0.370 e. The molecule has 1 aromatic rings. The highest BCUT2D eigenvalue weighted by molar-refractivity contribution is 6.29. The Balaban J connectivity index is 2.08. The predicted molar refractivity (Wildman–Crippen MR) is 62.2 cm³/mol. The molecule has 0 N–H and O–H groups in total. The van der Waals surface area contributed by atoms with E-state index in [9.17, 15) is 0 Å². The molecule has 0 saturated carbocycles. The Labute approximate surface area is 95.5 Å². The van der Waals surface area contributed by atoms with Crippen molar-refractivity contribution < 1.29 is 0 Å². The van der Waals surface area contributed by atoms with Gasteiger partial charge in [-0.25, -0.2) is 0 Å². The van der Waals surface area contributed by atoms with Crippen LogP contribution in [0.25, 0.3) is 0 Å². The molecule has 2 heterocycles. The van der Waals surface area contributed by atoms with Crippen LogP contribution in [0.5, 0.6) is 0 Å². The van der Waals surface area contributed by atoms with E-state index in [1.807, 2.05) is 6.07 Å². The maximum atomic E-state index is 5.82. The van der Waals surface area contributed by atoms with Crippen molar-refractivity contribution in [3.63, 3.8) is 0 Å². The van der Waals surface area contributed by atoms with Crippen LogP contribution in [-0.2, 0) is 0 Å². The summed E-state index contributed by atoms with van der Waals surface area (Å²) in [5.41, 5.74) is 1.10. The number of hydrogen-bond donors (Lipinski definition) is 0. The third kappa shape index (κ3) is 2.40. The number of aromatic nitrogens is 2. The zero-order valence-electron chi connectivity index (χ0n) is 9.15. The summed E-state index contributed by atoms with van der Waals surface area (Å²) in [4.78, 5) is 2.34. The van der Waals surface area contributed by atoms with Gasteiger partial charge in [-0.3, -0.25) is 0 Å². The standard InChI is InChI=1S/C11H16ClN3/c1-8(2)9-3-4-15(7-9)10-5-11(12)14-13-6-10/h5-6,8-9H,3-4,7H2,1-2H3. The maximum Gasteiger partial charge on any atom is 0.153 e. The fourth-order valence-corrected chi connectivity index (χ4v) is 2.23. The van der Waals surface area contributed by atoms with Crippen LogP contribution < -0.4 is 4.90 Å². The molecule has 1 aliphatic rings. The van der Waals surface area contributed by atoms with E-state index in [1.165, 1.54) is 6.42 Å². The SMILES string of the molecule is CC(C)C1CCN(c2cnnc(Cl)c2)C1. The van der Waals surface area contributed by atoms with Crippen LogP contribution in [0.3, 0.4) is 0 Å². The summed E-state index contributed by atoms with van der Waals surface area (Å²) < 4.78 is 0. The fraction of sp³-hybridized carbons (Fsp3) is 0.636. The molecule has 2 rings (SSSR count). The van der Waals surface area contributed by atoms with Gasteiger partial charge in [-0.05, 0) is 18.3 Å². The lowest BCUT2D eigenvalue weighted by Crippen LogP contribution is -2.21. The molecule has 0 aliphatic carbocycles. The summed E-state index contributed by atoms with van der Waals surface area (Å²) in [7, 11) is 0. The quantitative estimate of drug-likeness (QED) is 0.775. The molecule has 82 valence electrons. The number of nitrogens with zero attached hydrogens (tertiary/aromatic N) is 3. The molecule has 4 heteroatoms. The average Bonchev–Trinajstić information content (AvgIpc) is 2.66. The van der Waals surface area contributed by atoms with Gasteiger partial charge in [0.1, 0.15) is 0 Å². The Bertz CT molecular complexity index is 340. The number of rotatable bonds is 2. The van der Waals surface area contributed by atoms with Gasteiger partial charge in [0.15, 0.2) is 5.15 Å². The van der Waals surface area contributed by atoms with Crippen LogP contribution >= 0.6 is 11.6 Å². The molecule has 0 spiro atoms. The Morgan fingerprint density at radius 3 is 2.93 bits per heavy atom. The number of hydrogen-bond acceptors (Lipinski definition) is 3. The molecule has 1 saturated heterocycles. The molecule has 0 aromatic carbocycles. The van der Waals surface area contributed by atoms with E-state index in [-0.39, 0.29) is 0 Å². The summed E-state index contributed by atoms with van der Waals surface area (Å²) in [6, 6.07) is 1.89. The monoisotopic (exact) mass is 225 g/mol. The first-order valence-corrected chi connectivity index (χ1v) is 5.78. The van der Waals surface area contributed by atoms with E-state index in [2.05, 4.69) is 28.9 Å². The molecular formula is C11H16ClN3. The van der Waals surface area contributed by atoms with E-state index in [1.54, 1.807) is 6.20 Å². The summed E-state index contributed by atoms with van der Waals surface area (Å²) in [6.45, 7) is 6.78. The summed E-state index contributed by atoms with van der Waals surface area (Å²) in [5, 5.41) is 8.10. The lowest BCUT2D eigenvalue weighted by molar-refractivity contribution is 0.422. The molecule has 1 aliphatic heterocycles. The van der Waals surface area contributed by atoms with Crippen LogP contribution in [0.1, 0.15) is 20.3 Å².